The highest BCUT2D eigenvalue weighted by molar-refractivity contribution is 7.98. The summed E-state index contributed by atoms with van der Waals surface area (Å²) < 4.78 is 53.5. The molecule has 0 N–H and O–H groups in total. The number of sulfonamides is 1. The molecule has 0 radical (unpaired) electrons. The number of hydrogen-bond acceptors (Lipinski definition) is 7. The van der Waals surface area contributed by atoms with Crippen molar-refractivity contribution in [1.29, 1.82) is 0 Å². The van der Waals surface area contributed by atoms with Crippen LogP contribution in [0, 0.1) is 0 Å². The molecule has 0 saturated heterocycles. The highest BCUT2D eigenvalue weighted by atomic mass is 32.2. The quantitative estimate of drug-likeness (QED) is 0.157. The second kappa shape index (κ2) is 12.8. The number of likely N-dealkylation sites (N-methyl/N-ethyl adjacent to an activating group) is 1. The number of anilines is 1. The molecule has 2 atom stereocenters. The summed E-state index contributed by atoms with van der Waals surface area (Å²) in [6, 6.07) is 12.8. The molecule has 0 saturated carbocycles. The first kappa shape index (κ1) is 29.0. The van der Waals surface area contributed by atoms with Gasteiger partial charge in [-0.05, 0) is 38.2 Å². The number of ether oxygens (including phenoxy) is 2. The number of halogens is 1. The summed E-state index contributed by atoms with van der Waals surface area (Å²) >= 11 is 1.34. The van der Waals surface area contributed by atoms with Crippen LogP contribution in [0.25, 0.3) is 0 Å². The van der Waals surface area contributed by atoms with E-state index in [0.717, 1.165) is 24.8 Å². The van der Waals surface area contributed by atoms with Crippen molar-refractivity contribution in [2.45, 2.75) is 61.9 Å². The lowest BCUT2D eigenvalue weighted by atomic mass is 10.0. The van der Waals surface area contributed by atoms with Gasteiger partial charge in [-0.2, -0.15) is 8.70 Å². The third kappa shape index (κ3) is 6.48. The van der Waals surface area contributed by atoms with E-state index in [9.17, 15) is 17.6 Å². The molecule has 2 aromatic rings. The van der Waals surface area contributed by atoms with E-state index in [1.54, 1.807) is 20.0 Å². The van der Waals surface area contributed by atoms with Crippen molar-refractivity contribution in [3.8, 4) is 5.75 Å². The standard InChI is InChI=1S/C27H35FN2O5S2/c1-6-8-14-21-17-30(19(3)20-12-10-9-11-13-20)23-15-25(36-5)24(16-26(23)37(32,33)29(21)4)35-18-22(28)27(31)34-7-2/h9-13,15-16,18-19,21H,6-8,14,17H2,1-5H3/b22-18-. The van der Waals surface area contributed by atoms with Crippen LogP contribution in [0.2, 0.25) is 0 Å². The average Bonchev–Trinajstić information content (AvgIpc) is 2.98. The first-order valence-corrected chi connectivity index (χ1v) is 15.0. The predicted octanol–water partition coefficient (Wildman–Crippen LogP) is 5.92. The van der Waals surface area contributed by atoms with E-state index in [4.69, 9.17) is 4.74 Å². The molecular weight excluding hydrogens is 515 g/mol. The predicted molar refractivity (Wildman–Crippen MR) is 145 cm³/mol. The summed E-state index contributed by atoms with van der Waals surface area (Å²) in [5.74, 6) is -2.21. The zero-order valence-electron chi connectivity index (χ0n) is 21.9. The summed E-state index contributed by atoms with van der Waals surface area (Å²) in [4.78, 5) is 14.5. The van der Waals surface area contributed by atoms with E-state index in [0.29, 0.717) is 23.4 Å². The number of carbonyl (C=O) groups is 1. The van der Waals surface area contributed by atoms with Gasteiger partial charge in [-0.3, -0.25) is 0 Å². The Kier molecular flexibility index (Phi) is 10.0. The molecule has 10 heteroatoms. The van der Waals surface area contributed by atoms with Gasteiger partial charge in [0, 0.05) is 25.7 Å². The number of nitrogens with zero attached hydrogens (tertiary/aromatic N) is 2. The Morgan fingerprint density at radius 3 is 2.57 bits per heavy atom. The molecular formula is C27H35FN2O5S2. The smallest absolute Gasteiger partial charge is 0.370 e. The average molecular weight is 551 g/mol. The molecule has 7 nitrogen and oxygen atoms in total. The highest BCUT2D eigenvalue weighted by Crippen LogP contribution is 2.43. The maximum atomic E-state index is 14.2. The zero-order valence-corrected chi connectivity index (χ0v) is 23.6. The minimum atomic E-state index is -3.90. The van der Waals surface area contributed by atoms with E-state index in [-0.39, 0.29) is 29.3 Å². The molecule has 2 aromatic carbocycles. The molecule has 1 aliphatic rings. The number of thioether (sulfide) groups is 1. The monoisotopic (exact) mass is 550 g/mol. The van der Waals surface area contributed by atoms with E-state index in [1.807, 2.05) is 36.6 Å². The van der Waals surface area contributed by atoms with Crippen LogP contribution in [-0.2, 0) is 19.6 Å². The molecule has 202 valence electrons. The lowest BCUT2D eigenvalue weighted by Gasteiger charge is -2.34. The number of hydrogen-bond donors (Lipinski definition) is 0. The van der Waals surface area contributed by atoms with Crippen LogP contribution in [0.4, 0.5) is 10.1 Å². The summed E-state index contributed by atoms with van der Waals surface area (Å²) in [5.41, 5.74) is 1.63. The van der Waals surface area contributed by atoms with Gasteiger partial charge in [0.05, 0.1) is 23.2 Å². The molecule has 1 heterocycles. The molecule has 37 heavy (non-hydrogen) atoms. The largest absolute Gasteiger partial charge is 0.461 e. The van der Waals surface area contributed by atoms with Crippen molar-refractivity contribution in [2.24, 2.45) is 0 Å². The molecule has 3 rings (SSSR count). The van der Waals surface area contributed by atoms with Gasteiger partial charge >= 0.3 is 5.97 Å². The van der Waals surface area contributed by atoms with Crippen molar-refractivity contribution in [2.75, 3.05) is 31.4 Å². The summed E-state index contributed by atoms with van der Waals surface area (Å²) in [6.07, 6.45) is 5.06. The Hall–Kier alpha value is -2.56. The van der Waals surface area contributed by atoms with Crippen LogP contribution in [0.1, 0.15) is 51.6 Å². The SMILES string of the molecule is CCCCC1CN(C(C)c2ccccc2)c2cc(SC)c(O/C=C(\F)C(=O)OCC)cc2S(=O)(=O)N1C. The minimum absolute atomic E-state index is 0.0220. The Balaban J connectivity index is 2.16. The van der Waals surface area contributed by atoms with Gasteiger partial charge in [-0.15, -0.1) is 11.8 Å². The zero-order chi connectivity index (χ0) is 27.2. The van der Waals surface area contributed by atoms with Gasteiger partial charge in [-0.1, -0.05) is 50.1 Å². The second-order valence-corrected chi connectivity index (χ2v) is 11.6. The van der Waals surface area contributed by atoms with Gasteiger partial charge in [0.1, 0.15) is 16.9 Å². The lowest BCUT2D eigenvalue weighted by Crippen LogP contribution is -2.42. The maximum absolute atomic E-state index is 14.2. The molecule has 0 aliphatic carbocycles. The number of esters is 1. The van der Waals surface area contributed by atoms with Crippen molar-refractivity contribution < 1.29 is 27.1 Å². The Bertz CT molecular complexity index is 1220. The van der Waals surface area contributed by atoms with Crippen LogP contribution in [0.15, 0.2) is 64.3 Å². The maximum Gasteiger partial charge on any atom is 0.370 e. The van der Waals surface area contributed by atoms with E-state index in [1.165, 1.54) is 22.1 Å². The molecule has 0 spiro atoms. The van der Waals surface area contributed by atoms with Crippen LogP contribution in [-0.4, -0.2) is 51.2 Å². The Morgan fingerprint density at radius 2 is 1.95 bits per heavy atom. The van der Waals surface area contributed by atoms with E-state index < -0.39 is 21.8 Å². The molecule has 0 aromatic heterocycles. The van der Waals surface area contributed by atoms with Gasteiger partial charge in [0.2, 0.25) is 15.9 Å². The van der Waals surface area contributed by atoms with Crippen LogP contribution >= 0.6 is 11.8 Å². The fraction of sp³-hybridized carbons (Fsp3) is 0.444. The van der Waals surface area contributed by atoms with E-state index >= 15 is 0 Å². The topological polar surface area (TPSA) is 76.1 Å². The van der Waals surface area contributed by atoms with E-state index in [2.05, 4.69) is 23.5 Å². The first-order chi connectivity index (χ1) is 17.6. The third-order valence-corrected chi connectivity index (χ3v) is 9.23. The number of fused-ring (bicyclic) bond motifs is 1. The van der Waals surface area contributed by atoms with Crippen LogP contribution in [0.3, 0.4) is 0 Å². The van der Waals surface area contributed by atoms with Crippen LogP contribution < -0.4 is 9.64 Å². The van der Waals surface area contributed by atoms with Crippen molar-refractivity contribution in [3.05, 3.63) is 60.1 Å². The number of unbranched alkanes of at least 4 members (excludes halogenated alkanes) is 1. The molecule has 2 unspecified atom stereocenters. The highest BCUT2D eigenvalue weighted by Gasteiger charge is 2.38. The lowest BCUT2D eigenvalue weighted by molar-refractivity contribution is -0.140. The summed E-state index contributed by atoms with van der Waals surface area (Å²) in [6.45, 7) is 6.26. The van der Waals surface area contributed by atoms with Crippen molar-refractivity contribution in [3.63, 3.8) is 0 Å². The Labute approximate surface area is 223 Å². The number of carbonyl (C=O) groups excluding carboxylic acids is 1. The van der Waals surface area contributed by atoms with Crippen molar-refractivity contribution >= 4 is 33.4 Å². The normalized spacial score (nSPS) is 18.6. The minimum Gasteiger partial charge on any atom is -0.461 e. The van der Waals surface area contributed by atoms with Crippen LogP contribution in [0.5, 0.6) is 5.75 Å². The number of benzene rings is 2. The summed E-state index contributed by atoms with van der Waals surface area (Å²) in [7, 11) is -2.29. The Morgan fingerprint density at radius 1 is 1.24 bits per heavy atom. The van der Waals surface area contributed by atoms with Gasteiger partial charge in [0.25, 0.3) is 0 Å². The molecule has 0 amide bonds. The second-order valence-electron chi connectivity index (χ2n) is 8.83. The molecule has 0 fully saturated rings. The van der Waals surface area contributed by atoms with Crippen molar-refractivity contribution in [1.82, 2.24) is 4.31 Å². The summed E-state index contributed by atoms with van der Waals surface area (Å²) in [5, 5.41) is 0. The van der Waals surface area contributed by atoms with Gasteiger partial charge < -0.3 is 14.4 Å². The molecule has 0 bridgehead atoms. The third-order valence-electron chi connectivity index (χ3n) is 6.53. The first-order valence-electron chi connectivity index (χ1n) is 12.4. The fourth-order valence-corrected chi connectivity index (χ4v) is 6.47. The van der Waals surface area contributed by atoms with Gasteiger partial charge in [0.15, 0.2) is 0 Å². The fourth-order valence-electron chi connectivity index (χ4n) is 4.36. The molecule has 1 aliphatic heterocycles. The number of rotatable bonds is 10. The van der Waals surface area contributed by atoms with Gasteiger partial charge in [-0.25, -0.2) is 13.2 Å².